The smallest absolute Gasteiger partial charge is 0.297 e. The molecule has 3 atom stereocenters. The van der Waals surface area contributed by atoms with E-state index in [2.05, 4.69) is 22.2 Å². The fourth-order valence-corrected chi connectivity index (χ4v) is 4.12. The van der Waals surface area contributed by atoms with E-state index in [0.29, 0.717) is 0 Å². The zero-order valence-corrected chi connectivity index (χ0v) is 12.3. The van der Waals surface area contributed by atoms with Gasteiger partial charge in [0.15, 0.2) is 0 Å². The molecule has 0 radical (unpaired) electrons. The molecule has 3 aliphatic rings. The number of rotatable bonds is 6. The summed E-state index contributed by atoms with van der Waals surface area (Å²) >= 11 is 0. The van der Waals surface area contributed by atoms with Crippen LogP contribution in [0.15, 0.2) is 10.7 Å². The minimum absolute atomic E-state index is 0.724. The summed E-state index contributed by atoms with van der Waals surface area (Å²) in [5.74, 6) is 2.84. The minimum Gasteiger partial charge on any atom is -0.432 e. The first-order valence-corrected chi connectivity index (χ1v) is 8.17. The third-order valence-corrected chi connectivity index (χ3v) is 5.41. The second-order valence-electron chi connectivity index (χ2n) is 7.09. The van der Waals surface area contributed by atoms with E-state index in [4.69, 9.17) is 4.42 Å². The quantitative estimate of drug-likeness (QED) is 0.867. The fourth-order valence-electron chi connectivity index (χ4n) is 4.12. The summed E-state index contributed by atoms with van der Waals surface area (Å²) in [5.41, 5.74) is 1.03. The van der Waals surface area contributed by atoms with E-state index >= 15 is 0 Å². The monoisotopic (exact) mass is 275 g/mol. The van der Waals surface area contributed by atoms with Crippen LogP contribution in [-0.4, -0.2) is 24.6 Å². The maximum absolute atomic E-state index is 5.64. The van der Waals surface area contributed by atoms with Crippen molar-refractivity contribution in [3.63, 3.8) is 0 Å². The van der Waals surface area contributed by atoms with Gasteiger partial charge in [-0.3, -0.25) is 0 Å². The third kappa shape index (κ3) is 2.58. The summed E-state index contributed by atoms with van der Waals surface area (Å²) in [6.07, 6.45) is 10.3. The Labute approximate surface area is 120 Å². The Balaban J connectivity index is 1.32. The van der Waals surface area contributed by atoms with Crippen molar-refractivity contribution in [3.05, 3.63) is 12.0 Å². The van der Waals surface area contributed by atoms with Crippen molar-refractivity contribution >= 4 is 6.01 Å². The molecular weight excluding hydrogens is 250 g/mol. The van der Waals surface area contributed by atoms with Crippen LogP contribution in [0.4, 0.5) is 6.01 Å². The van der Waals surface area contributed by atoms with Crippen molar-refractivity contribution in [2.24, 2.45) is 17.8 Å². The van der Waals surface area contributed by atoms with Crippen molar-refractivity contribution in [1.82, 2.24) is 10.3 Å². The maximum atomic E-state index is 5.64. The summed E-state index contributed by atoms with van der Waals surface area (Å²) in [6.45, 7) is 1.95. The zero-order chi connectivity index (χ0) is 13.5. The van der Waals surface area contributed by atoms with Gasteiger partial charge in [-0.1, -0.05) is 6.42 Å². The molecule has 4 heteroatoms. The number of hydrogen-bond acceptors (Lipinski definition) is 4. The molecule has 110 valence electrons. The van der Waals surface area contributed by atoms with Gasteiger partial charge in [0.2, 0.25) is 0 Å². The molecule has 3 saturated carbocycles. The average Bonchev–Trinajstić information content (AvgIpc) is 2.89. The first-order valence-electron chi connectivity index (χ1n) is 8.17. The number of hydrogen-bond donors (Lipinski definition) is 1. The first kappa shape index (κ1) is 12.7. The van der Waals surface area contributed by atoms with E-state index < -0.39 is 0 Å². The topological polar surface area (TPSA) is 41.3 Å². The Morgan fingerprint density at radius 2 is 2.20 bits per heavy atom. The lowest BCUT2D eigenvalue weighted by atomic mass is 9.88. The van der Waals surface area contributed by atoms with Gasteiger partial charge in [0, 0.05) is 26.2 Å². The average molecular weight is 275 g/mol. The van der Waals surface area contributed by atoms with E-state index in [-0.39, 0.29) is 0 Å². The van der Waals surface area contributed by atoms with Crippen LogP contribution in [0.25, 0.3) is 0 Å². The Hall–Kier alpha value is -1.03. The van der Waals surface area contributed by atoms with E-state index in [9.17, 15) is 0 Å². The van der Waals surface area contributed by atoms with Gasteiger partial charge in [0.05, 0.1) is 5.69 Å². The Bertz CT molecular complexity index is 468. The Morgan fingerprint density at radius 1 is 1.30 bits per heavy atom. The van der Waals surface area contributed by atoms with Crippen LogP contribution in [0.1, 0.15) is 44.2 Å². The molecule has 2 bridgehead atoms. The third-order valence-electron chi connectivity index (χ3n) is 5.41. The fraction of sp³-hybridized carbons (Fsp3) is 0.812. The molecule has 1 N–H and O–H groups in total. The second kappa shape index (κ2) is 5.06. The molecule has 3 fully saturated rings. The van der Waals surface area contributed by atoms with Crippen molar-refractivity contribution in [2.75, 3.05) is 18.5 Å². The van der Waals surface area contributed by atoms with Crippen LogP contribution in [0.3, 0.4) is 0 Å². The van der Waals surface area contributed by atoms with Crippen LogP contribution in [-0.2, 0) is 6.54 Å². The molecule has 0 saturated heterocycles. The largest absolute Gasteiger partial charge is 0.432 e. The second-order valence-corrected chi connectivity index (χ2v) is 7.09. The van der Waals surface area contributed by atoms with Gasteiger partial charge in [-0.2, -0.15) is 4.98 Å². The van der Waals surface area contributed by atoms with Gasteiger partial charge in [-0.15, -0.1) is 0 Å². The van der Waals surface area contributed by atoms with E-state index in [1.165, 1.54) is 38.5 Å². The van der Waals surface area contributed by atoms with Gasteiger partial charge in [-0.25, -0.2) is 0 Å². The number of aromatic nitrogens is 1. The van der Waals surface area contributed by atoms with Crippen LogP contribution >= 0.6 is 0 Å². The summed E-state index contributed by atoms with van der Waals surface area (Å²) in [7, 11) is 2.12. The highest BCUT2D eigenvalue weighted by atomic mass is 16.4. The standard InChI is InChI=1S/C16H25N3O/c1-19(9-13-7-11-2-3-12(13)6-11)16-18-15(10-20-16)8-17-14-4-5-14/h10-14,17H,2-9H2,1H3. The predicted molar refractivity (Wildman–Crippen MR) is 78.6 cm³/mol. The van der Waals surface area contributed by atoms with Crippen molar-refractivity contribution in [1.29, 1.82) is 0 Å². The molecule has 20 heavy (non-hydrogen) atoms. The SMILES string of the molecule is CN(CC1CC2CCC1C2)c1nc(CNC2CC2)co1. The van der Waals surface area contributed by atoms with Crippen LogP contribution < -0.4 is 10.2 Å². The lowest BCUT2D eigenvalue weighted by Crippen LogP contribution is -2.28. The zero-order valence-electron chi connectivity index (χ0n) is 12.3. The molecule has 0 aliphatic heterocycles. The van der Waals surface area contributed by atoms with Crippen molar-refractivity contribution in [3.8, 4) is 0 Å². The normalized spacial score (nSPS) is 31.9. The number of nitrogens with zero attached hydrogens (tertiary/aromatic N) is 2. The van der Waals surface area contributed by atoms with Crippen molar-refractivity contribution in [2.45, 2.75) is 51.1 Å². The summed E-state index contributed by atoms with van der Waals surface area (Å²) in [5, 5.41) is 3.48. The highest BCUT2D eigenvalue weighted by Crippen LogP contribution is 2.48. The highest BCUT2D eigenvalue weighted by Gasteiger charge is 2.39. The van der Waals surface area contributed by atoms with E-state index in [0.717, 1.165) is 48.6 Å². The lowest BCUT2D eigenvalue weighted by Gasteiger charge is -2.26. The molecule has 1 aromatic heterocycles. The molecule has 1 aromatic rings. The van der Waals surface area contributed by atoms with Crippen molar-refractivity contribution < 1.29 is 4.42 Å². The van der Waals surface area contributed by atoms with Gasteiger partial charge in [0.1, 0.15) is 6.26 Å². The summed E-state index contributed by atoms with van der Waals surface area (Å²) < 4.78 is 5.64. The number of nitrogens with one attached hydrogen (secondary N) is 1. The van der Waals surface area contributed by atoms with Gasteiger partial charge >= 0.3 is 0 Å². The van der Waals surface area contributed by atoms with Crippen LogP contribution in [0.5, 0.6) is 0 Å². The molecule has 4 nitrogen and oxygen atoms in total. The molecule has 0 amide bonds. The molecule has 3 unspecified atom stereocenters. The first-order chi connectivity index (χ1) is 9.78. The molecule has 1 heterocycles. The number of oxazole rings is 1. The Kier molecular flexibility index (Phi) is 3.21. The molecule has 3 aliphatic carbocycles. The summed E-state index contributed by atoms with van der Waals surface area (Å²) in [6, 6.07) is 1.52. The van der Waals surface area contributed by atoms with E-state index in [1.807, 2.05) is 6.26 Å². The van der Waals surface area contributed by atoms with Crippen LogP contribution in [0, 0.1) is 17.8 Å². The molecule has 4 rings (SSSR count). The Morgan fingerprint density at radius 3 is 2.90 bits per heavy atom. The van der Waals surface area contributed by atoms with Crippen LogP contribution in [0.2, 0.25) is 0 Å². The summed E-state index contributed by atoms with van der Waals surface area (Å²) in [4.78, 5) is 6.83. The molecule has 0 spiro atoms. The van der Waals surface area contributed by atoms with Gasteiger partial charge in [0.25, 0.3) is 6.01 Å². The highest BCUT2D eigenvalue weighted by molar-refractivity contribution is 5.25. The maximum Gasteiger partial charge on any atom is 0.297 e. The van der Waals surface area contributed by atoms with Gasteiger partial charge in [-0.05, 0) is 49.9 Å². The number of anilines is 1. The minimum atomic E-state index is 0.724. The molecular formula is C16H25N3O. The van der Waals surface area contributed by atoms with Gasteiger partial charge < -0.3 is 14.6 Å². The molecule has 0 aromatic carbocycles. The lowest BCUT2D eigenvalue weighted by molar-refractivity contribution is 0.332. The number of fused-ring (bicyclic) bond motifs is 2. The van der Waals surface area contributed by atoms with E-state index in [1.54, 1.807) is 0 Å². The predicted octanol–water partition coefficient (Wildman–Crippen LogP) is 2.80.